The Bertz CT molecular complexity index is 403. The van der Waals surface area contributed by atoms with Gasteiger partial charge in [-0.15, -0.1) is 10.2 Å². The zero-order valence-corrected chi connectivity index (χ0v) is 9.11. The molecule has 0 aromatic carbocycles. The monoisotopic (exact) mass is 249 g/mol. The average molecular weight is 249 g/mol. The van der Waals surface area contributed by atoms with Crippen molar-refractivity contribution in [3.63, 3.8) is 0 Å². The van der Waals surface area contributed by atoms with Crippen LogP contribution in [0.4, 0.5) is 13.2 Å². The molecule has 0 amide bonds. The van der Waals surface area contributed by atoms with Gasteiger partial charge in [0.1, 0.15) is 5.01 Å². The van der Waals surface area contributed by atoms with E-state index in [1.54, 1.807) is 0 Å². The molecule has 3 unspecified atom stereocenters. The van der Waals surface area contributed by atoms with Crippen molar-refractivity contribution in [3.8, 4) is 0 Å². The molecule has 0 saturated carbocycles. The lowest BCUT2D eigenvalue weighted by Crippen LogP contribution is -2.21. The van der Waals surface area contributed by atoms with Gasteiger partial charge in [-0.25, -0.2) is 0 Å². The molecule has 88 valence electrons. The van der Waals surface area contributed by atoms with Crippen molar-refractivity contribution < 1.29 is 13.2 Å². The first-order chi connectivity index (χ1) is 7.54. The summed E-state index contributed by atoms with van der Waals surface area (Å²) in [6.45, 7) is 0. The van der Waals surface area contributed by atoms with Gasteiger partial charge in [0.2, 0.25) is 5.01 Å². The van der Waals surface area contributed by atoms with Gasteiger partial charge in [-0.3, -0.25) is 0 Å². The highest BCUT2D eigenvalue weighted by Gasteiger charge is 2.43. The summed E-state index contributed by atoms with van der Waals surface area (Å²) in [5.74, 6) is 0.132. The van der Waals surface area contributed by atoms with E-state index < -0.39 is 11.2 Å². The first-order valence-corrected chi connectivity index (χ1v) is 6.02. The summed E-state index contributed by atoms with van der Waals surface area (Å²) in [6.07, 6.45) is -1.29. The molecule has 7 heteroatoms. The van der Waals surface area contributed by atoms with Crippen LogP contribution in [-0.2, 0) is 6.18 Å². The molecule has 1 aromatic rings. The zero-order chi connectivity index (χ0) is 11.3. The third-order valence-corrected chi connectivity index (χ3v) is 4.40. The van der Waals surface area contributed by atoms with Crippen molar-refractivity contribution in [2.45, 2.75) is 43.4 Å². The Morgan fingerprint density at radius 1 is 1.25 bits per heavy atom. The van der Waals surface area contributed by atoms with E-state index in [-0.39, 0.29) is 5.92 Å². The fourth-order valence-corrected chi connectivity index (χ4v) is 3.49. The molecule has 2 aliphatic heterocycles. The van der Waals surface area contributed by atoms with E-state index in [0.717, 1.165) is 19.3 Å². The van der Waals surface area contributed by atoms with Crippen LogP contribution in [0.5, 0.6) is 0 Å². The van der Waals surface area contributed by atoms with Gasteiger partial charge in [-0.2, -0.15) is 13.2 Å². The van der Waals surface area contributed by atoms with Crippen LogP contribution in [0.2, 0.25) is 0 Å². The maximum absolute atomic E-state index is 12.4. The van der Waals surface area contributed by atoms with Gasteiger partial charge in [-0.05, 0) is 19.3 Å². The van der Waals surface area contributed by atoms with Gasteiger partial charge >= 0.3 is 6.18 Å². The largest absolute Gasteiger partial charge is 0.445 e. The van der Waals surface area contributed by atoms with E-state index in [2.05, 4.69) is 15.5 Å². The third-order valence-electron chi connectivity index (χ3n) is 3.30. The predicted octanol–water partition coefficient (Wildman–Crippen LogP) is 2.16. The SMILES string of the molecule is FC(F)(F)c1nnc(C2CC3CCC2N3)s1. The van der Waals surface area contributed by atoms with Gasteiger partial charge in [0, 0.05) is 18.0 Å². The number of fused-ring (bicyclic) bond motifs is 2. The second kappa shape index (κ2) is 3.40. The molecule has 1 N–H and O–H groups in total. The fraction of sp³-hybridized carbons (Fsp3) is 0.778. The molecule has 2 aliphatic rings. The van der Waals surface area contributed by atoms with Gasteiger partial charge in [-0.1, -0.05) is 11.3 Å². The number of hydrogen-bond donors (Lipinski definition) is 1. The number of halogens is 3. The molecule has 3 heterocycles. The van der Waals surface area contributed by atoms with E-state index in [9.17, 15) is 13.2 Å². The van der Waals surface area contributed by atoms with Gasteiger partial charge in [0.15, 0.2) is 0 Å². The minimum atomic E-state index is -4.36. The van der Waals surface area contributed by atoms with Crippen LogP contribution < -0.4 is 5.32 Å². The molecule has 0 radical (unpaired) electrons. The Morgan fingerprint density at radius 2 is 2.06 bits per heavy atom. The summed E-state index contributed by atoms with van der Waals surface area (Å²) >= 11 is 0.690. The van der Waals surface area contributed by atoms with Crippen molar-refractivity contribution in [2.75, 3.05) is 0 Å². The summed E-state index contributed by atoms with van der Waals surface area (Å²) < 4.78 is 37.1. The van der Waals surface area contributed by atoms with Crippen molar-refractivity contribution in [3.05, 3.63) is 10.0 Å². The van der Waals surface area contributed by atoms with Gasteiger partial charge in [0.05, 0.1) is 0 Å². The van der Waals surface area contributed by atoms with Crippen LogP contribution >= 0.6 is 11.3 Å². The lowest BCUT2D eigenvalue weighted by Gasteiger charge is -2.16. The van der Waals surface area contributed by atoms with Crippen LogP contribution in [0.25, 0.3) is 0 Å². The van der Waals surface area contributed by atoms with E-state index in [4.69, 9.17) is 0 Å². The molecule has 3 nitrogen and oxygen atoms in total. The zero-order valence-electron chi connectivity index (χ0n) is 8.29. The number of nitrogens with one attached hydrogen (secondary N) is 1. The maximum atomic E-state index is 12.4. The molecule has 2 saturated heterocycles. The number of alkyl halides is 3. The molecule has 2 bridgehead atoms. The van der Waals surface area contributed by atoms with Gasteiger partial charge < -0.3 is 5.32 Å². The minimum absolute atomic E-state index is 0.132. The molecule has 3 atom stereocenters. The molecular weight excluding hydrogens is 239 g/mol. The highest BCUT2D eigenvalue weighted by molar-refractivity contribution is 7.11. The number of hydrogen-bond acceptors (Lipinski definition) is 4. The van der Waals surface area contributed by atoms with E-state index >= 15 is 0 Å². The number of rotatable bonds is 1. The van der Waals surface area contributed by atoms with Crippen LogP contribution in [0, 0.1) is 0 Å². The Morgan fingerprint density at radius 3 is 2.56 bits per heavy atom. The van der Waals surface area contributed by atoms with E-state index in [0.29, 0.717) is 28.4 Å². The lowest BCUT2D eigenvalue weighted by atomic mass is 9.90. The van der Waals surface area contributed by atoms with Crippen LogP contribution in [0.3, 0.4) is 0 Å². The van der Waals surface area contributed by atoms with Crippen molar-refractivity contribution in [1.29, 1.82) is 0 Å². The molecule has 0 spiro atoms. The number of aromatic nitrogens is 2. The summed E-state index contributed by atoms with van der Waals surface area (Å²) in [7, 11) is 0. The smallest absolute Gasteiger partial charge is 0.311 e. The highest BCUT2D eigenvalue weighted by atomic mass is 32.1. The van der Waals surface area contributed by atoms with Crippen LogP contribution in [0.15, 0.2) is 0 Å². The van der Waals surface area contributed by atoms with Crippen molar-refractivity contribution >= 4 is 11.3 Å². The lowest BCUT2D eigenvalue weighted by molar-refractivity contribution is -0.138. The van der Waals surface area contributed by atoms with Gasteiger partial charge in [0.25, 0.3) is 0 Å². The normalized spacial score (nSPS) is 33.6. The Balaban J connectivity index is 1.83. The standard InChI is InChI=1S/C9H10F3N3S/c10-9(11,12)8-15-14-7(16-8)5-3-4-1-2-6(5)13-4/h4-6,13H,1-3H2. The Labute approximate surface area is 94.1 Å². The second-order valence-corrected chi connectivity index (χ2v) is 5.34. The van der Waals surface area contributed by atoms with Crippen molar-refractivity contribution in [1.82, 2.24) is 15.5 Å². The number of nitrogens with zero attached hydrogens (tertiary/aromatic N) is 2. The maximum Gasteiger partial charge on any atom is 0.445 e. The summed E-state index contributed by atoms with van der Waals surface area (Å²) in [5, 5.41) is 10.0. The molecule has 16 heavy (non-hydrogen) atoms. The average Bonchev–Trinajstić information content (AvgIpc) is 2.92. The molecule has 2 fully saturated rings. The quantitative estimate of drug-likeness (QED) is 0.828. The summed E-state index contributed by atoms with van der Waals surface area (Å²) in [4.78, 5) is 0. The molecule has 3 rings (SSSR count). The fourth-order valence-electron chi connectivity index (χ4n) is 2.60. The Hall–Kier alpha value is -0.690. The topological polar surface area (TPSA) is 37.8 Å². The summed E-state index contributed by atoms with van der Waals surface area (Å²) in [6, 6.07) is 0.771. The van der Waals surface area contributed by atoms with Crippen LogP contribution in [-0.4, -0.2) is 22.3 Å². The first kappa shape index (κ1) is 10.5. The molecule has 1 aromatic heterocycles. The summed E-state index contributed by atoms with van der Waals surface area (Å²) in [5.41, 5.74) is 0. The van der Waals surface area contributed by atoms with Crippen molar-refractivity contribution in [2.24, 2.45) is 0 Å². The van der Waals surface area contributed by atoms with E-state index in [1.807, 2.05) is 0 Å². The Kier molecular flexibility index (Phi) is 2.22. The van der Waals surface area contributed by atoms with Crippen LogP contribution in [0.1, 0.15) is 35.2 Å². The minimum Gasteiger partial charge on any atom is -0.311 e. The second-order valence-electron chi connectivity index (χ2n) is 4.33. The highest BCUT2D eigenvalue weighted by Crippen LogP contribution is 2.42. The predicted molar refractivity (Wildman–Crippen MR) is 52.2 cm³/mol. The first-order valence-electron chi connectivity index (χ1n) is 5.20. The third kappa shape index (κ3) is 1.62. The molecule has 0 aliphatic carbocycles. The van der Waals surface area contributed by atoms with E-state index in [1.165, 1.54) is 0 Å². The molecular formula is C9H10F3N3S.